The molecule has 0 aliphatic rings. The Balaban J connectivity index is 3.45. The van der Waals surface area contributed by atoms with Gasteiger partial charge in [0, 0.05) is 19.4 Å². The van der Waals surface area contributed by atoms with E-state index in [4.69, 9.17) is 5.11 Å². The van der Waals surface area contributed by atoms with E-state index in [9.17, 15) is 14.4 Å². The van der Waals surface area contributed by atoms with Crippen molar-refractivity contribution < 1.29 is 19.5 Å². The molecule has 0 saturated carbocycles. The Bertz CT molecular complexity index is 330. The number of carboxylic acids is 1. The van der Waals surface area contributed by atoms with Crippen molar-refractivity contribution >= 4 is 17.9 Å². The van der Waals surface area contributed by atoms with Crippen LogP contribution in [0.15, 0.2) is 0 Å². The summed E-state index contributed by atoms with van der Waals surface area (Å²) in [7, 11) is 0. The molecule has 0 fully saturated rings. The average molecular weight is 300 g/mol. The van der Waals surface area contributed by atoms with Gasteiger partial charge >= 0.3 is 12.0 Å². The molecule has 0 atom stereocenters. The number of rotatable bonds is 11. The fraction of sp³-hybridized carbons (Fsp3) is 0.800. The lowest BCUT2D eigenvalue weighted by atomic mass is 10.0. The minimum Gasteiger partial charge on any atom is -0.481 e. The molecule has 0 aromatic heterocycles. The number of urea groups is 1. The van der Waals surface area contributed by atoms with Crippen LogP contribution in [0.1, 0.15) is 65.2 Å². The summed E-state index contributed by atoms with van der Waals surface area (Å²) in [6, 6.07) is -0.502. The maximum Gasteiger partial charge on any atom is 0.321 e. The number of carbonyl (C=O) groups excluding carboxylic acids is 2. The largest absolute Gasteiger partial charge is 0.481 e. The van der Waals surface area contributed by atoms with Crippen molar-refractivity contribution in [2.24, 2.45) is 5.92 Å². The minimum absolute atomic E-state index is 0.0505. The summed E-state index contributed by atoms with van der Waals surface area (Å²) in [4.78, 5) is 33.0. The topological polar surface area (TPSA) is 95.5 Å². The summed E-state index contributed by atoms with van der Waals surface area (Å²) < 4.78 is 0. The Labute approximate surface area is 126 Å². The molecule has 0 radical (unpaired) electrons. The highest BCUT2D eigenvalue weighted by molar-refractivity contribution is 5.94. The van der Waals surface area contributed by atoms with E-state index >= 15 is 0 Å². The van der Waals surface area contributed by atoms with Gasteiger partial charge in [0.25, 0.3) is 0 Å². The standard InChI is InChI=1S/C15H28N2O4/c1-12(2)8-5-3-4-6-11-16-15(21)17-13(18)9-7-10-14(19)20/h12H,3-11H2,1-2H3,(H,19,20)(H2,16,17,18,21). The van der Waals surface area contributed by atoms with Crippen LogP contribution in [0.25, 0.3) is 0 Å². The number of carbonyl (C=O) groups is 3. The number of hydrogen-bond acceptors (Lipinski definition) is 3. The summed E-state index contributed by atoms with van der Waals surface area (Å²) in [6.45, 7) is 4.97. The second-order valence-electron chi connectivity index (χ2n) is 5.65. The summed E-state index contributed by atoms with van der Waals surface area (Å²) in [5.41, 5.74) is 0. The van der Waals surface area contributed by atoms with E-state index < -0.39 is 17.9 Å². The lowest BCUT2D eigenvalue weighted by molar-refractivity contribution is -0.137. The molecule has 0 aliphatic heterocycles. The third-order valence-corrected chi connectivity index (χ3v) is 3.04. The number of hydrogen-bond donors (Lipinski definition) is 3. The number of imide groups is 1. The van der Waals surface area contributed by atoms with Crippen LogP contribution in [0.5, 0.6) is 0 Å². The van der Waals surface area contributed by atoms with Gasteiger partial charge in [-0.25, -0.2) is 4.79 Å². The molecule has 0 aromatic rings. The molecule has 0 saturated heterocycles. The molecule has 0 aromatic carbocycles. The van der Waals surface area contributed by atoms with Crippen LogP contribution in [-0.2, 0) is 9.59 Å². The van der Waals surface area contributed by atoms with Crippen molar-refractivity contribution in [3.8, 4) is 0 Å². The van der Waals surface area contributed by atoms with Gasteiger partial charge in [-0.1, -0.05) is 39.5 Å². The second kappa shape index (κ2) is 12.2. The van der Waals surface area contributed by atoms with E-state index in [1.165, 1.54) is 12.8 Å². The molecule has 0 unspecified atom stereocenters. The van der Waals surface area contributed by atoms with E-state index in [1.54, 1.807) is 0 Å². The molecule has 122 valence electrons. The molecule has 0 spiro atoms. The third-order valence-electron chi connectivity index (χ3n) is 3.04. The molecule has 3 N–H and O–H groups in total. The monoisotopic (exact) mass is 300 g/mol. The third kappa shape index (κ3) is 14.6. The minimum atomic E-state index is -0.940. The smallest absolute Gasteiger partial charge is 0.321 e. The number of carboxylic acid groups (broad SMARTS) is 1. The van der Waals surface area contributed by atoms with Crippen molar-refractivity contribution in [2.45, 2.75) is 65.2 Å². The molecule has 3 amide bonds. The predicted molar refractivity (Wildman–Crippen MR) is 81.0 cm³/mol. The average Bonchev–Trinajstić information content (AvgIpc) is 2.36. The molecule has 21 heavy (non-hydrogen) atoms. The summed E-state index contributed by atoms with van der Waals surface area (Å²) >= 11 is 0. The van der Waals surface area contributed by atoms with Gasteiger partial charge in [0.05, 0.1) is 0 Å². The maximum absolute atomic E-state index is 11.4. The van der Waals surface area contributed by atoms with Crippen LogP contribution in [0, 0.1) is 5.92 Å². The van der Waals surface area contributed by atoms with Crippen molar-refractivity contribution in [2.75, 3.05) is 6.54 Å². The maximum atomic E-state index is 11.4. The first-order valence-corrected chi connectivity index (χ1v) is 7.71. The summed E-state index contributed by atoms with van der Waals surface area (Å²) in [5.74, 6) is -0.642. The van der Waals surface area contributed by atoms with Gasteiger partial charge in [-0.15, -0.1) is 0 Å². The van der Waals surface area contributed by atoms with Gasteiger partial charge < -0.3 is 10.4 Å². The van der Waals surface area contributed by atoms with Gasteiger partial charge in [-0.3, -0.25) is 14.9 Å². The lowest BCUT2D eigenvalue weighted by Gasteiger charge is -2.07. The van der Waals surface area contributed by atoms with Crippen LogP contribution in [0.4, 0.5) is 4.79 Å². The highest BCUT2D eigenvalue weighted by atomic mass is 16.4. The van der Waals surface area contributed by atoms with Gasteiger partial charge in [0.15, 0.2) is 0 Å². The first kappa shape index (κ1) is 19.4. The van der Waals surface area contributed by atoms with Crippen molar-refractivity contribution in [3.63, 3.8) is 0 Å². The van der Waals surface area contributed by atoms with E-state index in [2.05, 4.69) is 24.5 Å². The van der Waals surface area contributed by atoms with E-state index in [0.29, 0.717) is 6.54 Å². The zero-order chi connectivity index (χ0) is 16.1. The van der Waals surface area contributed by atoms with Crippen LogP contribution >= 0.6 is 0 Å². The normalized spacial score (nSPS) is 10.4. The molecule has 0 bridgehead atoms. The molecular formula is C15H28N2O4. The quantitative estimate of drug-likeness (QED) is 0.511. The summed E-state index contributed by atoms with van der Waals surface area (Å²) in [6.07, 6.45) is 5.81. The number of amides is 3. The number of nitrogens with one attached hydrogen (secondary N) is 2. The Kier molecular flexibility index (Phi) is 11.3. The molecule has 6 heteroatoms. The zero-order valence-corrected chi connectivity index (χ0v) is 13.1. The van der Waals surface area contributed by atoms with Gasteiger partial charge in [0.2, 0.25) is 5.91 Å². The first-order valence-electron chi connectivity index (χ1n) is 7.71. The number of unbranched alkanes of at least 4 members (excludes halogenated alkanes) is 3. The first-order chi connectivity index (χ1) is 9.91. The second-order valence-corrected chi connectivity index (χ2v) is 5.65. The van der Waals surface area contributed by atoms with E-state index in [0.717, 1.165) is 25.2 Å². The van der Waals surface area contributed by atoms with Crippen LogP contribution in [-0.4, -0.2) is 29.6 Å². The predicted octanol–water partition coefficient (Wildman–Crippen LogP) is 2.67. The molecule has 0 aliphatic carbocycles. The van der Waals surface area contributed by atoms with Crippen molar-refractivity contribution in [1.29, 1.82) is 0 Å². The highest BCUT2D eigenvalue weighted by Crippen LogP contribution is 2.08. The summed E-state index contributed by atoms with van der Waals surface area (Å²) in [5, 5.41) is 13.2. The Morgan fingerprint density at radius 3 is 2.24 bits per heavy atom. The zero-order valence-electron chi connectivity index (χ0n) is 13.1. The van der Waals surface area contributed by atoms with E-state index in [1.807, 2.05) is 0 Å². The Hall–Kier alpha value is -1.59. The van der Waals surface area contributed by atoms with Crippen LogP contribution in [0.3, 0.4) is 0 Å². The van der Waals surface area contributed by atoms with Crippen LogP contribution < -0.4 is 10.6 Å². The van der Waals surface area contributed by atoms with Crippen molar-refractivity contribution in [1.82, 2.24) is 10.6 Å². The SMILES string of the molecule is CC(C)CCCCCCNC(=O)NC(=O)CCCC(=O)O. The molecule has 0 heterocycles. The fourth-order valence-electron chi connectivity index (χ4n) is 1.87. The lowest BCUT2D eigenvalue weighted by Crippen LogP contribution is -2.39. The molecule has 6 nitrogen and oxygen atoms in total. The fourth-order valence-corrected chi connectivity index (χ4v) is 1.87. The van der Waals surface area contributed by atoms with E-state index in [-0.39, 0.29) is 19.3 Å². The number of aliphatic carboxylic acids is 1. The van der Waals surface area contributed by atoms with Gasteiger partial charge in [-0.05, 0) is 18.8 Å². The molecular weight excluding hydrogens is 272 g/mol. The highest BCUT2D eigenvalue weighted by Gasteiger charge is 2.07. The van der Waals surface area contributed by atoms with Crippen molar-refractivity contribution in [3.05, 3.63) is 0 Å². The van der Waals surface area contributed by atoms with Gasteiger partial charge in [0.1, 0.15) is 0 Å². The van der Waals surface area contributed by atoms with Crippen LogP contribution in [0.2, 0.25) is 0 Å². The Morgan fingerprint density at radius 2 is 1.62 bits per heavy atom. The Morgan fingerprint density at radius 1 is 0.952 bits per heavy atom. The molecule has 0 rings (SSSR count). The van der Waals surface area contributed by atoms with Gasteiger partial charge in [-0.2, -0.15) is 0 Å².